The molecule has 8 nitrogen and oxygen atoms in total. The highest BCUT2D eigenvalue weighted by Gasteiger charge is 2.53. The van der Waals surface area contributed by atoms with E-state index in [1.807, 2.05) is 0 Å². The minimum atomic E-state index is -0.929. The number of terminal acetylenes is 1. The fourth-order valence-electron chi connectivity index (χ4n) is 3.86. The van der Waals surface area contributed by atoms with Crippen LogP contribution in [-0.4, -0.2) is 35.6 Å². The molecule has 3 N–H and O–H groups in total. The van der Waals surface area contributed by atoms with Gasteiger partial charge in [-0.25, -0.2) is 4.79 Å². The van der Waals surface area contributed by atoms with Crippen LogP contribution in [0.5, 0.6) is 0 Å². The zero-order valence-corrected chi connectivity index (χ0v) is 14.1. The van der Waals surface area contributed by atoms with Crippen LogP contribution >= 0.6 is 0 Å². The van der Waals surface area contributed by atoms with E-state index < -0.39 is 17.2 Å². The van der Waals surface area contributed by atoms with Gasteiger partial charge < -0.3 is 10.6 Å². The van der Waals surface area contributed by atoms with Gasteiger partial charge in [-0.3, -0.25) is 14.9 Å². The van der Waals surface area contributed by atoms with Crippen molar-refractivity contribution in [1.82, 2.24) is 16.0 Å². The second-order valence-corrected chi connectivity index (χ2v) is 7.01. The largest absolute Gasteiger partial charge is 0.356 e. The molecule has 2 unspecified atom stereocenters. The van der Waals surface area contributed by atoms with Crippen molar-refractivity contribution in [2.45, 2.75) is 62.6 Å². The zero-order valence-electron chi connectivity index (χ0n) is 14.1. The SMILES string of the molecule is C#CCCC1(CCNC(=O)CC2CCCCC23NC(=O)NC3=O)N=N1. The van der Waals surface area contributed by atoms with Crippen LogP contribution in [0.25, 0.3) is 0 Å². The average molecular weight is 345 g/mol. The van der Waals surface area contributed by atoms with Gasteiger partial charge in [-0.15, -0.1) is 12.3 Å². The molecule has 2 fully saturated rings. The number of amides is 4. The summed E-state index contributed by atoms with van der Waals surface area (Å²) < 4.78 is 0. The molecule has 25 heavy (non-hydrogen) atoms. The molecule has 1 saturated carbocycles. The maximum atomic E-state index is 12.3. The number of nitrogens with one attached hydrogen (secondary N) is 3. The van der Waals surface area contributed by atoms with Gasteiger partial charge in [0, 0.05) is 32.2 Å². The van der Waals surface area contributed by atoms with Crippen molar-refractivity contribution in [2.24, 2.45) is 16.1 Å². The summed E-state index contributed by atoms with van der Waals surface area (Å²) in [5.41, 5.74) is -1.34. The molecule has 1 saturated heterocycles. The molecule has 4 amide bonds. The minimum Gasteiger partial charge on any atom is -0.356 e. The Morgan fingerprint density at radius 3 is 2.76 bits per heavy atom. The Bertz CT molecular complexity index is 647. The van der Waals surface area contributed by atoms with Gasteiger partial charge in [-0.2, -0.15) is 10.2 Å². The lowest BCUT2D eigenvalue weighted by Crippen LogP contribution is -2.55. The summed E-state index contributed by atoms with van der Waals surface area (Å²) in [4.78, 5) is 36.1. The highest BCUT2D eigenvalue weighted by atomic mass is 16.2. The zero-order chi connectivity index (χ0) is 17.9. The predicted molar refractivity (Wildman–Crippen MR) is 89.3 cm³/mol. The third kappa shape index (κ3) is 3.65. The number of carbonyl (C=O) groups excluding carboxylic acids is 3. The first-order valence-corrected chi connectivity index (χ1v) is 8.77. The van der Waals surface area contributed by atoms with Crippen LogP contribution in [0, 0.1) is 18.3 Å². The molecule has 0 aromatic carbocycles. The van der Waals surface area contributed by atoms with Gasteiger partial charge in [0.05, 0.1) is 0 Å². The Balaban J connectivity index is 1.49. The first kappa shape index (κ1) is 17.4. The van der Waals surface area contributed by atoms with E-state index in [1.54, 1.807) is 0 Å². The minimum absolute atomic E-state index is 0.118. The number of nitrogens with zero attached hydrogens (tertiary/aromatic N) is 2. The van der Waals surface area contributed by atoms with Gasteiger partial charge in [0.2, 0.25) is 5.91 Å². The molecule has 134 valence electrons. The Hall–Kier alpha value is -2.43. The average Bonchev–Trinajstić information content (AvgIpc) is 3.28. The number of imide groups is 1. The Morgan fingerprint density at radius 2 is 2.12 bits per heavy atom. The molecule has 2 aliphatic heterocycles. The van der Waals surface area contributed by atoms with Crippen LogP contribution < -0.4 is 16.0 Å². The molecule has 0 aromatic rings. The van der Waals surface area contributed by atoms with Crippen LogP contribution in [0.2, 0.25) is 0 Å². The van der Waals surface area contributed by atoms with E-state index in [1.165, 1.54) is 0 Å². The molecule has 3 aliphatic rings. The highest BCUT2D eigenvalue weighted by Crippen LogP contribution is 2.38. The quantitative estimate of drug-likeness (QED) is 0.476. The number of carbonyl (C=O) groups is 3. The third-order valence-electron chi connectivity index (χ3n) is 5.37. The van der Waals surface area contributed by atoms with Crippen molar-refractivity contribution in [2.75, 3.05) is 6.54 Å². The first-order chi connectivity index (χ1) is 12.0. The summed E-state index contributed by atoms with van der Waals surface area (Å²) in [6.07, 6.45) is 10.6. The lowest BCUT2D eigenvalue weighted by molar-refractivity contribution is -0.129. The van der Waals surface area contributed by atoms with Crippen LogP contribution in [0.4, 0.5) is 4.79 Å². The van der Waals surface area contributed by atoms with E-state index in [0.717, 1.165) is 19.3 Å². The molecule has 0 radical (unpaired) electrons. The van der Waals surface area contributed by atoms with Crippen LogP contribution in [0.1, 0.15) is 51.4 Å². The van der Waals surface area contributed by atoms with E-state index in [-0.39, 0.29) is 24.2 Å². The predicted octanol–water partition coefficient (Wildman–Crippen LogP) is 1.23. The van der Waals surface area contributed by atoms with Gasteiger partial charge >= 0.3 is 6.03 Å². The molecule has 1 spiro atoms. The molecule has 1 aliphatic carbocycles. The number of urea groups is 1. The molecular formula is C17H23N5O3. The van der Waals surface area contributed by atoms with Gasteiger partial charge in [0.15, 0.2) is 5.66 Å². The normalized spacial score (nSPS) is 29.0. The Morgan fingerprint density at radius 1 is 1.32 bits per heavy atom. The highest BCUT2D eigenvalue weighted by molar-refractivity contribution is 6.07. The lowest BCUT2D eigenvalue weighted by Gasteiger charge is -2.38. The van der Waals surface area contributed by atoms with Gasteiger partial charge in [-0.05, 0) is 18.8 Å². The van der Waals surface area contributed by atoms with E-state index in [9.17, 15) is 14.4 Å². The van der Waals surface area contributed by atoms with E-state index in [0.29, 0.717) is 32.2 Å². The van der Waals surface area contributed by atoms with Crippen molar-refractivity contribution in [3.63, 3.8) is 0 Å². The third-order valence-corrected chi connectivity index (χ3v) is 5.37. The van der Waals surface area contributed by atoms with Crippen LogP contribution in [0.15, 0.2) is 10.2 Å². The number of hydrogen-bond donors (Lipinski definition) is 3. The molecule has 2 atom stereocenters. The summed E-state index contributed by atoms with van der Waals surface area (Å²) in [5.74, 6) is 1.97. The molecule has 0 bridgehead atoms. The van der Waals surface area contributed by atoms with Gasteiger partial charge in [0.25, 0.3) is 5.91 Å². The van der Waals surface area contributed by atoms with E-state index >= 15 is 0 Å². The fourth-order valence-corrected chi connectivity index (χ4v) is 3.86. The summed E-state index contributed by atoms with van der Waals surface area (Å²) in [7, 11) is 0. The fraction of sp³-hybridized carbons (Fsp3) is 0.706. The summed E-state index contributed by atoms with van der Waals surface area (Å²) >= 11 is 0. The topological polar surface area (TPSA) is 112 Å². The molecular weight excluding hydrogens is 322 g/mol. The Labute approximate surface area is 146 Å². The van der Waals surface area contributed by atoms with Crippen LogP contribution in [-0.2, 0) is 9.59 Å². The molecule has 8 heteroatoms. The monoisotopic (exact) mass is 345 g/mol. The summed E-state index contributed by atoms with van der Waals surface area (Å²) in [5, 5.41) is 16.0. The van der Waals surface area contributed by atoms with Crippen molar-refractivity contribution in [1.29, 1.82) is 0 Å². The smallest absolute Gasteiger partial charge is 0.322 e. The molecule has 0 aromatic heterocycles. The summed E-state index contributed by atoms with van der Waals surface area (Å²) in [6.45, 7) is 0.467. The second-order valence-electron chi connectivity index (χ2n) is 7.01. The molecule has 3 rings (SSSR count). The number of rotatable bonds is 7. The van der Waals surface area contributed by atoms with Crippen molar-refractivity contribution < 1.29 is 14.4 Å². The number of hydrogen-bond acceptors (Lipinski definition) is 5. The van der Waals surface area contributed by atoms with Crippen molar-refractivity contribution >= 4 is 17.8 Å². The maximum absolute atomic E-state index is 12.3. The maximum Gasteiger partial charge on any atom is 0.322 e. The van der Waals surface area contributed by atoms with Gasteiger partial charge in [0.1, 0.15) is 5.54 Å². The lowest BCUT2D eigenvalue weighted by atomic mass is 9.71. The second kappa shape index (κ2) is 6.82. The van der Waals surface area contributed by atoms with Crippen LogP contribution in [0.3, 0.4) is 0 Å². The first-order valence-electron chi connectivity index (χ1n) is 8.77. The van der Waals surface area contributed by atoms with Crippen molar-refractivity contribution in [3.8, 4) is 12.3 Å². The standard InChI is InChI=1S/C17H23N5O3/c1-2-3-7-16(21-22-16)9-10-18-13(23)11-12-6-4-5-8-17(12)14(24)19-15(25)20-17/h1,12H,3-11H2,(H,18,23)(H2,19,20,24,25). The summed E-state index contributed by atoms with van der Waals surface area (Å²) in [6, 6.07) is -0.468. The van der Waals surface area contributed by atoms with Crippen molar-refractivity contribution in [3.05, 3.63) is 0 Å². The van der Waals surface area contributed by atoms with E-state index in [2.05, 4.69) is 32.1 Å². The van der Waals surface area contributed by atoms with Gasteiger partial charge in [-0.1, -0.05) is 12.8 Å². The van der Waals surface area contributed by atoms with E-state index in [4.69, 9.17) is 6.42 Å². The Kier molecular flexibility index (Phi) is 4.75. The molecule has 2 heterocycles.